The van der Waals surface area contributed by atoms with Crippen molar-refractivity contribution in [3.8, 4) is 11.1 Å². The zero-order valence-electron chi connectivity index (χ0n) is 22.1. The minimum atomic E-state index is -0.951. The Kier molecular flexibility index (Phi) is 9.00. The summed E-state index contributed by atoms with van der Waals surface area (Å²) < 4.78 is 15.1. The molecule has 1 aliphatic rings. The van der Waals surface area contributed by atoms with Crippen LogP contribution in [0.25, 0.3) is 11.1 Å². The lowest BCUT2D eigenvalue weighted by Gasteiger charge is -2.24. The molecule has 1 N–H and O–H groups in total. The first kappa shape index (κ1) is 26.9. The van der Waals surface area contributed by atoms with Gasteiger partial charge in [-0.3, -0.25) is 9.13 Å². The summed E-state index contributed by atoms with van der Waals surface area (Å²) in [5, 5.41) is 9.56. The van der Waals surface area contributed by atoms with E-state index in [9.17, 15) is 14.7 Å². The zero-order chi connectivity index (χ0) is 26.4. The van der Waals surface area contributed by atoms with Gasteiger partial charge in [-0.05, 0) is 47.9 Å². The van der Waals surface area contributed by atoms with Crippen molar-refractivity contribution in [2.75, 3.05) is 14.2 Å². The second-order valence-electron chi connectivity index (χ2n) is 9.92. The number of benzene rings is 2. The number of hydrogen-bond acceptors (Lipinski definition) is 4. The number of rotatable bonds is 11. The number of ether oxygens (including phenoxy) is 2. The van der Waals surface area contributed by atoms with Gasteiger partial charge in [0.05, 0.1) is 17.8 Å². The molecule has 7 heteroatoms. The molecule has 4 rings (SSSR count). The van der Waals surface area contributed by atoms with Gasteiger partial charge in [-0.25, -0.2) is 9.59 Å². The lowest BCUT2D eigenvalue weighted by Crippen LogP contribution is -2.29. The van der Waals surface area contributed by atoms with Crippen molar-refractivity contribution in [3.63, 3.8) is 0 Å². The fourth-order valence-electron chi connectivity index (χ4n) is 5.60. The molecule has 2 aromatic carbocycles. The number of methoxy groups -OCH3 is 2. The number of carbonyl (C=O) groups is 1. The molecule has 37 heavy (non-hydrogen) atoms. The molecule has 0 spiro atoms. The highest BCUT2D eigenvalue weighted by Gasteiger charge is 2.28. The molecule has 198 valence electrons. The minimum absolute atomic E-state index is 0.0246. The monoisotopic (exact) mass is 506 g/mol. The molecule has 7 nitrogen and oxygen atoms in total. The molecule has 1 saturated carbocycles. The minimum Gasteiger partial charge on any atom is -0.478 e. The highest BCUT2D eigenvalue weighted by Crippen LogP contribution is 2.29. The molecule has 1 aliphatic carbocycles. The van der Waals surface area contributed by atoms with Crippen LogP contribution in [-0.2, 0) is 29.0 Å². The van der Waals surface area contributed by atoms with Gasteiger partial charge in [0.1, 0.15) is 0 Å². The Balaban J connectivity index is 1.71. The Bertz CT molecular complexity index is 1250. The highest BCUT2D eigenvalue weighted by atomic mass is 16.7. The van der Waals surface area contributed by atoms with Crippen molar-refractivity contribution in [1.82, 2.24) is 9.13 Å². The number of aromatic carboxylic acids is 1. The third kappa shape index (κ3) is 5.89. The van der Waals surface area contributed by atoms with Crippen LogP contribution in [0.15, 0.2) is 53.3 Å². The van der Waals surface area contributed by atoms with Crippen molar-refractivity contribution in [2.24, 2.45) is 5.92 Å². The summed E-state index contributed by atoms with van der Waals surface area (Å²) in [5.74, 6) is -0.466. The molecule has 0 radical (unpaired) electrons. The molecular weight excluding hydrogens is 468 g/mol. The number of aromatic nitrogens is 2. The third-order valence-corrected chi connectivity index (χ3v) is 7.44. The van der Waals surface area contributed by atoms with Gasteiger partial charge in [-0.15, -0.1) is 0 Å². The Labute approximate surface area is 218 Å². The van der Waals surface area contributed by atoms with Gasteiger partial charge >= 0.3 is 11.7 Å². The van der Waals surface area contributed by atoms with Crippen LogP contribution in [0.5, 0.6) is 0 Å². The van der Waals surface area contributed by atoms with E-state index in [0.717, 1.165) is 48.2 Å². The van der Waals surface area contributed by atoms with Crippen molar-refractivity contribution in [1.29, 1.82) is 0 Å². The Morgan fingerprint density at radius 3 is 2.30 bits per heavy atom. The van der Waals surface area contributed by atoms with Crippen molar-refractivity contribution < 1.29 is 19.4 Å². The van der Waals surface area contributed by atoms with Crippen LogP contribution >= 0.6 is 0 Å². The van der Waals surface area contributed by atoms with Gasteiger partial charge in [0.2, 0.25) is 0 Å². The summed E-state index contributed by atoms with van der Waals surface area (Å²) in [6.45, 7) is 3.23. The number of carboxylic acid groups (broad SMARTS) is 1. The van der Waals surface area contributed by atoms with Gasteiger partial charge in [0.25, 0.3) is 0 Å². The largest absolute Gasteiger partial charge is 0.478 e. The first-order chi connectivity index (χ1) is 18.0. The summed E-state index contributed by atoms with van der Waals surface area (Å²) >= 11 is 0. The Morgan fingerprint density at radius 1 is 1.00 bits per heavy atom. The molecule has 1 fully saturated rings. The van der Waals surface area contributed by atoms with E-state index in [4.69, 9.17) is 9.47 Å². The second-order valence-corrected chi connectivity index (χ2v) is 9.92. The quantitative estimate of drug-likeness (QED) is 0.328. The fourth-order valence-corrected chi connectivity index (χ4v) is 5.60. The molecule has 0 saturated heterocycles. The highest BCUT2D eigenvalue weighted by molar-refractivity contribution is 5.95. The molecule has 3 aromatic rings. The van der Waals surface area contributed by atoms with Crippen LogP contribution < -0.4 is 5.69 Å². The van der Waals surface area contributed by atoms with Crippen LogP contribution in [0, 0.1) is 5.92 Å². The van der Waals surface area contributed by atoms with E-state index in [1.165, 1.54) is 19.3 Å². The van der Waals surface area contributed by atoms with Crippen LogP contribution in [0.1, 0.15) is 79.0 Å². The Morgan fingerprint density at radius 2 is 1.68 bits per heavy atom. The zero-order valence-corrected chi connectivity index (χ0v) is 22.1. The molecule has 1 aromatic heterocycles. The van der Waals surface area contributed by atoms with Gasteiger partial charge in [-0.2, -0.15) is 0 Å². The van der Waals surface area contributed by atoms with Crippen LogP contribution in [0.2, 0.25) is 0 Å². The maximum absolute atomic E-state index is 13.9. The maximum atomic E-state index is 13.9. The fraction of sp³-hybridized carbons (Fsp3) is 0.467. The van der Waals surface area contributed by atoms with Crippen molar-refractivity contribution >= 4 is 5.97 Å². The number of imidazole rings is 1. The predicted molar refractivity (Wildman–Crippen MR) is 144 cm³/mol. The predicted octanol–water partition coefficient (Wildman–Crippen LogP) is 5.89. The average molecular weight is 507 g/mol. The van der Waals surface area contributed by atoms with Gasteiger partial charge in [0.15, 0.2) is 6.29 Å². The maximum Gasteiger partial charge on any atom is 0.336 e. The first-order valence-corrected chi connectivity index (χ1v) is 13.3. The second kappa shape index (κ2) is 12.4. The van der Waals surface area contributed by atoms with Crippen LogP contribution in [-0.4, -0.2) is 34.4 Å². The molecule has 1 heterocycles. The van der Waals surface area contributed by atoms with Crippen molar-refractivity contribution in [3.05, 3.63) is 81.5 Å². The van der Waals surface area contributed by atoms with E-state index in [-0.39, 0.29) is 11.3 Å². The summed E-state index contributed by atoms with van der Waals surface area (Å²) in [6, 6.07) is 14.8. The summed E-state index contributed by atoms with van der Waals surface area (Å²) in [4.78, 5) is 25.5. The van der Waals surface area contributed by atoms with E-state index in [1.54, 1.807) is 26.4 Å². The van der Waals surface area contributed by atoms with Gasteiger partial charge in [-0.1, -0.05) is 75.1 Å². The summed E-state index contributed by atoms with van der Waals surface area (Å²) in [7, 11) is 3.23. The lowest BCUT2D eigenvalue weighted by atomic mass is 9.89. The number of nitrogens with zero attached hydrogens (tertiary/aromatic N) is 2. The van der Waals surface area contributed by atoms with E-state index < -0.39 is 12.3 Å². The van der Waals surface area contributed by atoms with E-state index >= 15 is 0 Å². The normalized spacial score (nSPS) is 14.4. The first-order valence-electron chi connectivity index (χ1n) is 13.3. The molecule has 0 atom stereocenters. The molecular formula is C30H38N2O5. The van der Waals surface area contributed by atoms with E-state index in [1.807, 2.05) is 45.5 Å². The Hall–Kier alpha value is -3.16. The summed E-state index contributed by atoms with van der Waals surface area (Å²) in [6.07, 6.45) is 7.02. The van der Waals surface area contributed by atoms with E-state index in [0.29, 0.717) is 24.6 Å². The van der Waals surface area contributed by atoms with Crippen LogP contribution in [0.4, 0.5) is 0 Å². The molecule has 0 amide bonds. The lowest BCUT2D eigenvalue weighted by molar-refractivity contribution is -0.111. The summed E-state index contributed by atoms with van der Waals surface area (Å²) in [5.41, 5.74) is 4.51. The topological polar surface area (TPSA) is 82.7 Å². The molecule has 0 bridgehead atoms. The molecule has 0 aliphatic heterocycles. The smallest absolute Gasteiger partial charge is 0.336 e. The van der Waals surface area contributed by atoms with Gasteiger partial charge < -0.3 is 14.6 Å². The van der Waals surface area contributed by atoms with Crippen LogP contribution in [0.3, 0.4) is 0 Å². The average Bonchev–Trinajstić information content (AvgIpc) is 3.16. The van der Waals surface area contributed by atoms with Crippen molar-refractivity contribution in [2.45, 2.75) is 71.2 Å². The number of hydrogen-bond donors (Lipinski definition) is 1. The third-order valence-electron chi connectivity index (χ3n) is 7.44. The van der Waals surface area contributed by atoms with E-state index in [2.05, 4.69) is 6.92 Å². The SMILES string of the molecule is CCCc1c(C(OC)OC)n(CC2CCCCC2)c(=O)n1Cc1ccc(-c2ccccc2C(=O)O)cc1. The number of carboxylic acids is 1. The standard InChI is InChI=1S/C30H38N2O5/c1-4-10-26-27(29(36-2)37-3)32(20-21-11-6-5-7-12-21)30(35)31(26)19-22-15-17-23(18-16-22)24-13-8-9-14-25(24)28(33)34/h8-9,13-18,21,29H,4-7,10-12,19-20H2,1-3H3,(H,33,34). The van der Waals surface area contributed by atoms with Gasteiger partial charge in [0, 0.05) is 26.5 Å². The molecule has 0 unspecified atom stereocenters.